The summed E-state index contributed by atoms with van der Waals surface area (Å²) in [7, 11) is 0. The van der Waals surface area contributed by atoms with Crippen molar-refractivity contribution in [3.05, 3.63) is 53.4 Å². The van der Waals surface area contributed by atoms with Crippen LogP contribution in [-0.4, -0.2) is 39.5 Å². The summed E-state index contributed by atoms with van der Waals surface area (Å²) in [5, 5.41) is 6.62. The van der Waals surface area contributed by atoms with Gasteiger partial charge in [0.2, 0.25) is 11.7 Å². The monoisotopic (exact) mass is 331 g/mol. The molecule has 120 valence electrons. The zero-order chi connectivity index (χ0) is 16.2. The highest BCUT2D eigenvalue weighted by atomic mass is 32.2. The molecule has 1 aliphatic heterocycles. The number of hydrogen-bond donors (Lipinski definition) is 1. The molecule has 0 unspecified atom stereocenters. The van der Waals surface area contributed by atoms with Crippen molar-refractivity contribution in [3.8, 4) is 0 Å². The lowest BCUT2D eigenvalue weighted by Gasteiger charge is -2.21. The third-order valence-corrected chi connectivity index (χ3v) is 4.61. The van der Waals surface area contributed by atoms with Gasteiger partial charge in [0.1, 0.15) is 6.04 Å². The van der Waals surface area contributed by atoms with E-state index in [9.17, 15) is 9.59 Å². The number of aromatic nitrogens is 1. The lowest BCUT2D eigenvalue weighted by atomic mass is 10.2. The van der Waals surface area contributed by atoms with E-state index in [0.717, 1.165) is 5.56 Å². The Morgan fingerprint density at radius 3 is 2.87 bits per heavy atom. The topological polar surface area (TPSA) is 75.4 Å². The number of nitrogens with one attached hydrogen (secondary N) is 1. The van der Waals surface area contributed by atoms with Crippen LogP contribution in [0.3, 0.4) is 0 Å². The predicted molar refractivity (Wildman–Crippen MR) is 86.8 cm³/mol. The first kappa shape index (κ1) is 15.6. The van der Waals surface area contributed by atoms with E-state index in [1.165, 1.54) is 4.90 Å². The minimum atomic E-state index is -0.485. The molecule has 1 saturated heterocycles. The summed E-state index contributed by atoms with van der Waals surface area (Å²) in [5.74, 6) is 0.784. The Kier molecular flexibility index (Phi) is 4.66. The van der Waals surface area contributed by atoms with Crippen molar-refractivity contribution < 1.29 is 14.1 Å². The molecule has 3 rings (SSSR count). The Hall–Kier alpha value is -2.28. The van der Waals surface area contributed by atoms with Crippen molar-refractivity contribution in [2.45, 2.75) is 19.5 Å². The van der Waals surface area contributed by atoms with Gasteiger partial charge in [0.15, 0.2) is 0 Å². The SMILES string of the molecule is Cc1cc(C(=O)N2CSC[C@H]2C(=O)NCc2ccccc2)on1. The molecule has 0 aliphatic carbocycles. The molecule has 0 saturated carbocycles. The maximum Gasteiger partial charge on any atom is 0.293 e. The molecule has 1 aliphatic rings. The Morgan fingerprint density at radius 2 is 2.17 bits per heavy atom. The number of carbonyl (C=O) groups excluding carboxylic acids is 2. The largest absolute Gasteiger partial charge is 0.351 e. The van der Waals surface area contributed by atoms with Gasteiger partial charge in [-0.2, -0.15) is 0 Å². The summed E-state index contributed by atoms with van der Waals surface area (Å²) in [6.45, 7) is 2.20. The Labute approximate surface area is 138 Å². The van der Waals surface area contributed by atoms with Gasteiger partial charge in [-0.15, -0.1) is 11.8 Å². The smallest absolute Gasteiger partial charge is 0.293 e. The number of carbonyl (C=O) groups is 2. The summed E-state index contributed by atoms with van der Waals surface area (Å²) >= 11 is 1.55. The normalized spacial score (nSPS) is 17.3. The van der Waals surface area contributed by atoms with E-state index in [2.05, 4.69) is 10.5 Å². The van der Waals surface area contributed by atoms with Crippen molar-refractivity contribution >= 4 is 23.6 Å². The summed E-state index contributed by atoms with van der Waals surface area (Å²) in [6.07, 6.45) is 0. The first-order chi connectivity index (χ1) is 11.1. The number of thioether (sulfide) groups is 1. The standard InChI is InChI=1S/C16H17N3O3S/c1-11-7-14(22-18-11)16(21)19-10-23-9-13(19)15(20)17-8-12-5-3-2-4-6-12/h2-7,13H,8-10H2,1H3,(H,17,20)/t13-/m0/s1. The van der Waals surface area contributed by atoms with Crippen molar-refractivity contribution in [1.82, 2.24) is 15.4 Å². The molecule has 0 bridgehead atoms. The summed E-state index contributed by atoms with van der Waals surface area (Å²) in [5.41, 5.74) is 1.67. The Morgan fingerprint density at radius 1 is 1.39 bits per heavy atom. The van der Waals surface area contributed by atoms with E-state index in [1.54, 1.807) is 24.8 Å². The van der Waals surface area contributed by atoms with E-state index in [4.69, 9.17) is 4.52 Å². The van der Waals surface area contributed by atoms with E-state index < -0.39 is 6.04 Å². The van der Waals surface area contributed by atoms with Crippen LogP contribution in [0.15, 0.2) is 40.9 Å². The van der Waals surface area contributed by atoms with Crippen LogP contribution in [-0.2, 0) is 11.3 Å². The lowest BCUT2D eigenvalue weighted by Crippen LogP contribution is -2.47. The van der Waals surface area contributed by atoms with E-state index >= 15 is 0 Å². The minimum absolute atomic E-state index is 0.150. The fourth-order valence-corrected chi connectivity index (χ4v) is 3.52. The highest BCUT2D eigenvalue weighted by Crippen LogP contribution is 2.23. The Balaban J connectivity index is 1.64. The molecule has 2 amide bonds. The molecule has 7 heteroatoms. The van der Waals surface area contributed by atoms with Crippen LogP contribution in [0, 0.1) is 6.92 Å². The van der Waals surface area contributed by atoms with Crippen molar-refractivity contribution in [2.75, 3.05) is 11.6 Å². The van der Waals surface area contributed by atoms with Gasteiger partial charge in [-0.25, -0.2) is 0 Å². The summed E-state index contributed by atoms with van der Waals surface area (Å²) in [4.78, 5) is 26.4. The van der Waals surface area contributed by atoms with Crippen LogP contribution >= 0.6 is 11.8 Å². The second-order valence-corrected chi connectivity index (χ2v) is 6.33. The van der Waals surface area contributed by atoms with Crippen LogP contribution in [0.1, 0.15) is 21.8 Å². The van der Waals surface area contributed by atoms with E-state index in [0.29, 0.717) is 23.9 Å². The second kappa shape index (κ2) is 6.87. The molecule has 23 heavy (non-hydrogen) atoms. The third-order valence-electron chi connectivity index (χ3n) is 3.59. The highest BCUT2D eigenvalue weighted by Gasteiger charge is 2.36. The highest BCUT2D eigenvalue weighted by molar-refractivity contribution is 7.99. The quantitative estimate of drug-likeness (QED) is 0.925. The van der Waals surface area contributed by atoms with Gasteiger partial charge in [0.25, 0.3) is 5.91 Å². The molecule has 2 aromatic rings. The zero-order valence-corrected chi connectivity index (χ0v) is 13.5. The summed E-state index contributed by atoms with van der Waals surface area (Å²) in [6, 6.07) is 10.8. The van der Waals surface area contributed by atoms with Gasteiger partial charge in [0.05, 0.1) is 11.6 Å². The molecule has 0 spiro atoms. The van der Waals surface area contributed by atoms with E-state index in [-0.39, 0.29) is 17.6 Å². The fourth-order valence-electron chi connectivity index (χ4n) is 2.37. The maximum atomic E-state index is 12.4. The van der Waals surface area contributed by atoms with Gasteiger partial charge in [-0.1, -0.05) is 35.5 Å². The number of hydrogen-bond acceptors (Lipinski definition) is 5. The van der Waals surface area contributed by atoms with Gasteiger partial charge < -0.3 is 14.7 Å². The molecule has 1 aromatic carbocycles. The van der Waals surface area contributed by atoms with Crippen molar-refractivity contribution in [2.24, 2.45) is 0 Å². The number of amides is 2. The molecular formula is C16H17N3O3S. The Bertz CT molecular complexity index is 702. The zero-order valence-electron chi connectivity index (χ0n) is 12.7. The van der Waals surface area contributed by atoms with E-state index in [1.807, 2.05) is 30.3 Å². The molecule has 1 atom stereocenters. The predicted octanol–water partition coefficient (Wildman–Crippen LogP) is 1.81. The number of aryl methyl sites for hydroxylation is 1. The first-order valence-electron chi connectivity index (χ1n) is 7.29. The van der Waals surface area contributed by atoms with Gasteiger partial charge in [-0.3, -0.25) is 9.59 Å². The fraction of sp³-hybridized carbons (Fsp3) is 0.312. The third kappa shape index (κ3) is 3.56. The van der Waals surface area contributed by atoms with Gasteiger partial charge >= 0.3 is 0 Å². The minimum Gasteiger partial charge on any atom is -0.351 e. The molecule has 1 fully saturated rings. The van der Waals surface area contributed by atoms with Crippen LogP contribution < -0.4 is 5.32 Å². The molecular weight excluding hydrogens is 314 g/mol. The lowest BCUT2D eigenvalue weighted by molar-refractivity contribution is -0.124. The number of benzene rings is 1. The average molecular weight is 331 g/mol. The molecule has 0 radical (unpaired) electrons. The van der Waals surface area contributed by atoms with Gasteiger partial charge in [-0.05, 0) is 12.5 Å². The van der Waals surface area contributed by atoms with Crippen LogP contribution in [0.4, 0.5) is 0 Å². The van der Waals surface area contributed by atoms with Crippen molar-refractivity contribution in [1.29, 1.82) is 0 Å². The second-order valence-electron chi connectivity index (χ2n) is 5.33. The van der Waals surface area contributed by atoms with Crippen LogP contribution in [0.2, 0.25) is 0 Å². The molecule has 1 aromatic heterocycles. The first-order valence-corrected chi connectivity index (χ1v) is 8.44. The van der Waals surface area contributed by atoms with Gasteiger partial charge in [0, 0.05) is 18.4 Å². The number of nitrogens with zero attached hydrogens (tertiary/aromatic N) is 2. The van der Waals surface area contributed by atoms with Crippen molar-refractivity contribution in [3.63, 3.8) is 0 Å². The van der Waals surface area contributed by atoms with Crippen LogP contribution in [0.5, 0.6) is 0 Å². The number of rotatable bonds is 4. The molecule has 6 nitrogen and oxygen atoms in total. The van der Waals surface area contributed by atoms with Crippen LogP contribution in [0.25, 0.3) is 0 Å². The average Bonchev–Trinajstić information content (AvgIpc) is 3.22. The molecule has 2 heterocycles. The molecule has 1 N–H and O–H groups in total. The summed E-state index contributed by atoms with van der Waals surface area (Å²) < 4.78 is 5.01. The maximum absolute atomic E-state index is 12.4.